The van der Waals surface area contributed by atoms with Gasteiger partial charge in [0.15, 0.2) is 0 Å². The lowest BCUT2D eigenvalue weighted by molar-refractivity contribution is 0.0577. The van der Waals surface area contributed by atoms with Gasteiger partial charge in [0.05, 0.1) is 13.2 Å². The van der Waals surface area contributed by atoms with Crippen molar-refractivity contribution in [3.8, 4) is 0 Å². The lowest BCUT2D eigenvalue weighted by atomic mass is 10.3. The minimum atomic E-state index is -0.574. The average Bonchev–Trinajstić information content (AvgIpc) is 2.28. The van der Waals surface area contributed by atoms with Crippen LogP contribution in [0, 0.1) is 0 Å². The first kappa shape index (κ1) is 14.8. The first-order valence-electron chi connectivity index (χ1n) is 5.90. The van der Waals surface area contributed by atoms with Gasteiger partial charge < -0.3 is 9.47 Å². The van der Waals surface area contributed by atoms with Gasteiger partial charge in [-0.2, -0.15) is 0 Å². The Morgan fingerprint density at radius 3 is 1.69 bits per heavy atom. The minimum absolute atomic E-state index is 0.389. The first-order valence-corrected chi connectivity index (χ1v) is 5.90. The first-order chi connectivity index (χ1) is 7.81. The van der Waals surface area contributed by atoms with Crippen LogP contribution >= 0.6 is 0 Å². The molecule has 0 N–H and O–H groups in total. The number of rotatable bonds is 8. The summed E-state index contributed by atoms with van der Waals surface area (Å²) in [7, 11) is 0. The van der Waals surface area contributed by atoms with Gasteiger partial charge in [0.1, 0.15) is 0 Å². The van der Waals surface area contributed by atoms with Gasteiger partial charge in [-0.15, -0.1) is 0 Å². The summed E-state index contributed by atoms with van der Waals surface area (Å²) in [4.78, 5) is 11.0. The van der Waals surface area contributed by atoms with Gasteiger partial charge in [-0.1, -0.05) is 38.2 Å². The Hall–Kier alpha value is -1.25. The van der Waals surface area contributed by atoms with E-state index in [0.717, 1.165) is 25.7 Å². The summed E-state index contributed by atoms with van der Waals surface area (Å²) in [6.07, 6.45) is 11.0. The quantitative estimate of drug-likeness (QED) is 0.358. The lowest BCUT2D eigenvalue weighted by Gasteiger charge is -2.03. The van der Waals surface area contributed by atoms with Crippen LogP contribution in [0.4, 0.5) is 4.79 Å². The van der Waals surface area contributed by atoms with E-state index in [9.17, 15) is 4.79 Å². The van der Waals surface area contributed by atoms with E-state index in [2.05, 4.69) is 13.8 Å². The van der Waals surface area contributed by atoms with E-state index in [-0.39, 0.29) is 0 Å². The van der Waals surface area contributed by atoms with Crippen LogP contribution in [0.2, 0.25) is 0 Å². The summed E-state index contributed by atoms with van der Waals surface area (Å²) in [5, 5.41) is 0. The molecule has 0 aliphatic rings. The van der Waals surface area contributed by atoms with E-state index in [1.807, 2.05) is 24.3 Å². The fourth-order valence-electron chi connectivity index (χ4n) is 1.03. The van der Waals surface area contributed by atoms with Gasteiger partial charge in [-0.05, 0) is 25.7 Å². The van der Waals surface area contributed by atoms with Crippen LogP contribution in [0.25, 0.3) is 0 Å². The zero-order chi connectivity index (χ0) is 12.1. The Morgan fingerprint density at radius 2 is 1.31 bits per heavy atom. The molecule has 0 fully saturated rings. The maximum absolute atomic E-state index is 11.0. The standard InChI is InChI=1S/C13H22O3/c1-3-5-7-9-11-15-13(14)16-12-10-8-6-4-2/h5-8H,3-4,9-12H2,1-2H3. The van der Waals surface area contributed by atoms with E-state index >= 15 is 0 Å². The van der Waals surface area contributed by atoms with Crippen molar-refractivity contribution in [3.05, 3.63) is 24.3 Å². The van der Waals surface area contributed by atoms with E-state index < -0.39 is 6.16 Å². The molecular formula is C13H22O3. The summed E-state index contributed by atoms with van der Waals surface area (Å²) < 4.78 is 9.72. The van der Waals surface area contributed by atoms with Crippen molar-refractivity contribution in [2.45, 2.75) is 39.5 Å². The fourth-order valence-corrected chi connectivity index (χ4v) is 1.03. The van der Waals surface area contributed by atoms with Gasteiger partial charge in [0.25, 0.3) is 0 Å². The van der Waals surface area contributed by atoms with E-state index in [1.54, 1.807) is 0 Å². The van der Waals surface area contributed by atoms with Crippen LogP contribution in [0.5, 0.6) is 0 Å². The van der Waals surface area contributed by atoms with Gasteiger partial charge in [0.2, 0.25) is 0 Å². The maximum atomic E-state index is 11.0. The van der Waals surface area contributed by atoms with Crippen molar-refractivity contribution < 1.29 is 14.3 Å². The van der Waals surface area contributed by atoms with Crippen molar-refractivity contribution in [1.29, 1.82) is 0 Å². The van der Waals surface area contributed by atoms with Crippen molar-refractivity contribution >= 4 is 6.16 Å². The molecule has 0 aromatic rings. The average molecular weight is 226 g/mol. The van der Waals surface area contributed by atoms with Crippen LogP contribution in [-0.4, -0.2) is 19.4 Å². The number of hydrogen-bond acceptors (Lipinski definition) is 3. The van der Waals surface area contributed by atoms with Crippen LogP contribution < -0.4 is 0 Å². The molecule has 0 heterocycles. The molecule has 0 unspecified atom stereocenters. The molecule has 0 atom stereocenters. The lowest BCUT2D eigenvalue weighted by Crippen LogP contribution is -2.08. The van der Waals surface area contributed by atoms with Gasteiger partial charge >= 0.3 is 6.16 Å². The normalized spacial score (nSPS) is 11.1. The molecule has 16 heavy (non-hydrogen) atoms. The number of ether oxygens (including phenoxy) is 2. The van der Waals surface area contributed by atoms with Crippen LogP contribution in [-0.2, 0) is 9.47 Å². The highest BCUT2D eigenvalue weighted by Gasteiger charge is 2.00. The molecule has 92 valence electrons. The highest BCUT2D eigenvalue weighted by Crippen LogP contribution is 1.93. The third-order valence-electron chi connectivity index (χ3n) is 1.81. The second kappa shape index (κ2) is 11.8. The molecule has 0 bridgehead atoms. The third-order valence-corrected chi connectivity index (χ3v) is 1.81. The number of allylic oxidation sites excluding steroid dienone is 2. The highest BCUT2D eigenvalue weighted by molar-refractivity contribution is 5.59. The molecule has 0 aliphatic carbocycles. The molecule has 3 heteroatoms. The van der Waals surface area contributed by atoms with Gasteiger partial charge in [-0.3, -0.25) is 0 Å². The van der Waals surface area contributed by atoms with E-state index in [0.29, 0.717) is 13.2 Å². The highest BCUT2D eigenvalue weighted by atomic mass is 16.7. The van der Waals surface area contributed by atoms with Crippen LogP contribution in [0.1, 0.15) is 39.5 Å². The Bertz CT molecular complexity index is 197. The molecule has 3 nitrogen and oxygen atoms in total. The number of carbonyl (C=O) groups is 1. The van der Waals surface area contributed by atoms with Crippen molar-refractivity contribution in [1.82, 2.24) is 0 Å². The molecule has 0 aliphatic heterocycles. The second-order valence-corrected chi connectivity index (χ2v) is 3.28. The molecular weight excluding hydrogens is 204 g/mol. The molecule has 0 aromatic heterocycles. The summed E-state index contributed by atoms with van der Waals surface area (Å²) in [5.74, 6) is 0. The third kappa shape index (κ3) is 10.8. The van der Waals surface area contributed by atoms with Crippen LogP contribution in [0.15, 0.2) is 24.3 Å². The van der Waals surface area contributed by atoms with Crippen molar-refractivity contribution in [2.24, 2.45) is 0 Å². The Kier molecular flexibility index (Phi) is 10.9. The summed E-state index contributed by atoms with van der Waals surface area (Å²) >= 11 is 0. The summed E-state index contributed by atoms with van der Waals surface area (Å²) in [6.45, 7) is 4.91. The van der Waals surface area contributed by atoms with Gasteiger partial charge in [0, 0.05) is 0 Å². The second-order valence-electron chi connectivity index (χ2n) is 3.28. The number of hydrogen-bond donors (Lipinski definition) is 0. The maximum Gasteiger partial charge on any atom is 0.508 e. The predicted octanol–water partition coefficient (Wildman–Crippen LogP) is 3.85. The predicted molar refractivity (Wildman–Crippen MR) is 65.4 cm³/mol. The van der Waals surface area contributed by atoms with Crippen molar-refractivity contribution in [3.63, 3.8) is 0 Å². The molecule has 0 amide bonds. The molecule has 0 aromatic carbocycles. The molecule has 0 rings (SSSR count). The summed E-state index contributed by atoms with van der Waals surface area (Å²) in [5.41, 5.74) is 0. The molecule has 0 saturated carbocycles. The zero-order valence-corrected chi connectivity index (χ0v) is 10.3. The van der Waals surface area contributed by atoms with Crippen molar-refractivity contribution in [2.75, 3.05) is 13.2 Å². The SMILES string of the molecule is CCC=CCCOC(=O)OCCC=CCC. The smallest absolute Gasteiger partial charge is 0.434 e. The Labute approximate surface area is 98.1 Å². The molecule has 0 radical (unpaired) electrons. The molecule has 0 saturated heterocycles. The largest absolute Gasteiger partial charge is 0.508 e. The monoisotopic (exact) mass is 226 g/mol. The topological polar surface area (TPSA) is 35.5 Å². The van der Waals surface area contributed by atoms with Gasteiger partial charge in [-0.25, -0.2) is 4.79 Å². The zero-order valence-electron chi connectivity index (χ0n) is 10.3. The fraction of sp³-hybridized carbons (Fsp3) is 0.615. The van der Waals surface area contributed by atoms with E-state index in [4.69, 9.17) is 9.47 Å². The Morgan fingerprint density at radius 1 is 0.875 bits per heavy atom. The Balaban J connectivity index is 3.31. The van der Waals surface area contributed by atoms with Crippen LogP contribution in [0.3, 0.4) is 0 Å². The molecule has 0 spiro atoms. The minimum Gasteiger partial charge on any atom is -0.434 e. The number of carbonyl (C=O) groups excluding carboxylic acids is 1. The summed E-state index contributed by atoms with van der Waals surface area (Å²) in [6, 6.07) is 0. The van der Waals surface area contributed by atoms with E-state index in [1.165, 1.54) is 0 Å².